The van der Waals surface area contributed by atoms with Gasteiger partial charge < -0.3 is 15.0 Å². The van der Waals surface area contributed by atoms with Gasteiger partial charge in [-0.25, -0.2) is 9.37 Å². The Morgan fingerprint density at radius 2 is 2.25 bits per heavy atom. The molecule has 2 heterocycles. The van der Waals surface area contributed by atoms with Crippen molar-refractivity contribution >= 4 is 5.82 Å². The molecule has 0 radical (unpaired) electrons. The smallest absolute Gasteiger partial charge is 0.170 e. The highest BCUT2D eigenvalue weighted by atomic mass is 19.1. The number of ether oxygens (including phenoxy) is 1. The molecule has 0 amide bonds. The summed E-state index contributed by atoms with van der Waals surface area (Å²) in [4.78, 5) is 6.15. The van der Waals surface area contributed by atoms with Crippen LogP contribution < -0.4 is 10.2 Å². The van der Waals surface area contributed by atoms with E-state index in [2.05, 4.69) is 10.3 Å². The van der Waals surface area contributed by atoms with Crippen LogP contribution in [0.3, 0.4) is 0 Å². The van der Waals surface area contributed by atoms with Crippen LogP contribution in [0, 0.1) is 5.82 Å². The van der Waals surface area contributed by atoms with Gasteiger partial charge in [-0.3, -0.25) is 0 Å². The second kappa shape index (κ2) is 5.66. The number of rotatable bonds is 5. The molecule has 1 aromatic rings. The highest BCUT2D eigenvalue weighted by Gasteiger charge is 2.30. The van der Waals surface area contributed by atoms with Crippen molar-refractivity contribution < 1.29 is 9.13 Å². The molecule has 2 aliphatic rings. The van der Waals surface area contributed by atoms with Crippen molar-refractivity contribution in [3.8, 4) is 0 Å². The van der Waals surface area contributed by atoms with E-state index in [4.69, 9.17) is 4.74 Å². The number of nitrogens with zero attached hydrogens (tertiary/aromatic N) is 2. The van der Waals surface area contributed by atoms with Crippen LogP contribution in [0.25, 0.3) is 0 Å². The van der Waals surface area contributed by atoms with Gasteiger partial charge in [-0.15, -0.1) is 0 Å². The lowest BCUT2D eigenvalue weighted by atomic mass is 10.1. The number of halogens is 1. The Hall–Kier alpha value is -1.20. The molecule has 1 saturated carbocycles. The molecule has 0 aromatic carbocycles. The summed E-state index contributed by atoms with van der Waals surface area (Å²) in [7, 11) is 1.90. The number of hydrogen-bond acceptors (Lipinski definition) is 4. The minimum atomic E-state index is -0.206. The fraction of sp³-hybridized carbons (Fsp3) is 0.667. The van der Waals surface area contributed by atoms with E-state index >= 15 is 0 Å². The highest BCUT2D eigenvalue weighted by molar-refractivity contribution is 5.44. The molecule has 1 aliphatic carbocycles. The topological polar surface area (TPSA) is 37.4 Å². The molecular weight excluding hydrogens is 257 g/mol. The average molecular weight is 279 g/mol. The lowest BCUT2D eigenvalue weighted by Crippen LogP contribution is -2.38. The predicted octanol–water partition coefficient (Wildman–Crippen LogP) is 2.09. The molecule has 3 rings (SSSR count). The van der Waals surface area contributed by atoms with E-state index in [1.54, 1.807) is 12.3 Å². The summed E-state index contributed by atoms with van der Waals surface area (Å²) < 4.78 is 20.2. The van der Waals surface area contributed by atoms with Crippen LogP contribution in [0.4, 0.5) is 10.2 Å². The summed E-state index contributed by atoms with van der Waals surface area (Å²) in [5.41, 5.74) is 0.695. The molecule has 2 unspecified atom stereocenters. The van der Waals surface area contributed by atoms with Gasteiger partial charge >= 0.3 is 0 Å². The van der Waals surface area contributed by atoms with Gasteiger partial charge in [0.15, 0.2) is 11.6 Å². The zero-order valence-corrected chi connectivity index (χ0v) is 12.1. The van der Waals surface area contributed by atoms with Gasteiger partial charge in [-0.2, -0.15) is 0 Å². The summed E-state index contributed by atoms with van der Waals surface area (Å²) in [6.07, 6.45) is 5.14. The average Bonchev–Trinajstić information content (AvgIpc) is 3.17. The van der Waals surface area contributed by atoms with Gasteiger partial charge in [0.05, 0.1) is 12.1 Å². The number of anilines is 1. The summed E-state index contributed by atoms with van der Waals surface area (Å²) in [6.45, 7) is 3.35. The molecule has 4 nitrogen and oxygen atoms in total. The van der Waals surface area contributed by atoms with Crippen LogP contribution in [0.5, 0.6) is 0 Å². The molecule has 110 valence electrons. The fourth-order valence-corrected chi connectivity index (χ4v) is 2.78. The van der Waals surface area contributed by atoms with Gasteiger partial charge in [-0.05, 0) is 32.3 Å². The number of nitrogens with one attached hydrogen (secondary N) is 1. The van der Waals surface area contributed by atoms with E-state index in [-0.39, 0.29) is 18.0 Å². The molecule has 5 heteroatoms. The van der Waals surface area contributed by atoms with Crippen LogP contribution >= 0.6 is 0 Å². The maximum atomic E-state index is 14.6. The monoisotopic (exact) mass is 279 g/mol. The lowest BCUT2D eigenvalue weighted by Gasteiger charge is -2.28. The quantitative estimate of drug-likeness (QED) is 0.895. The van der Waals surface area contributed by atoms with Gasteiger partial charge in [0.2, 0.25) is 0 Å². The van der Waals surface area contributed by atoms with E-state index in [1.165, 1.54) is 12.8 Å². The Morgan fingerprint density at radius 3 is 2.90 bits per heavy atom. The molecule has 1 saturated heterocycles. The van der Waals surface area contributed by atoms with Crippen molar-refractivity contribution in [2.24, 2.45) is 0 Å². The second-order valence-corrected chi connectivity index (χ2v) is 5.81. The fourth-order valence-electron chi connectivity index (χ4n) is 2.78. The van der Waals surface area contributed by atoms with Crippen LogP contribution in [0.1, 0.15) is 31.7 Å². The number of likely N-dealkylation sites (N-methyl/N-ethyl adjacent to an activating group) is 1. The molecule has 0 bridgehead atoms. The SMILES string of the molecule is CC1OCCC1N(C)c1nccc(CNC2CC2)c1F. The van der Waals surface area contributed by atoms with Crippen LogP contribution in [0.15, 0.2) is 12.3 Å². The minimum absolute atomic E-state index is 0.120. The number of pyridine rings is 1. The van der Waals surface area contributed by atoms with Crippen LogP contribution in [0.2, 0.25) is 0 Å². The van der Waals surface area contributed by atoms with Gasteiger partial charge in [0.1, 0.15) is 0 Å². The Balaban J connectivity index is 1.75. The van der Waals surface area contributed by atoms with E-state index in [0.717, 1.165) is 13.0 Å². The van der Waals surface area contributed by atoms with E-state index in [1.807, 2.05) is 18.9 Å². The van der Waals surface area contributed by atoms with Crippen molar-refractivity contribution in [2.45, 2.75) is 50.9 Å². The molecule has 0 spiro atoms. The van der Waals surface area contributed by atoms with Crippen molar-refractivity contribution in [3.05, 3.63) is 23.6 Å². The first kappa shape index (κ1) is 13.8. The Kier molecular flexibility index (Phi) is 3.89. The first-order chi connectivity index (χ1) is 9.66. The van der Waals surface area contributed by atoms with Crippen molar-refractivity contribution in [1.82, 2.24) is 10.3 Å². The zero-order valence-electron chi connectivity index (χ0n) is 12.1. The maximum Gasteiger partial charge on any atom is 0.170 e. The number of hydrogen-bond donors (Lipinski definition) is 1. The zero-order chi connectivity index (χ0) is 14.1. The first-order valence-electron chi connectivity index (χ1n) is 7.38. The van der Waals surface area contributed by atoms with Crippen molar-refractivity contribution in [2.75, 3.05) is 18.6 Å². The minimum Gasteiger partial charge on any atom is -0.376 e. The molecular formula is C15H22FN3O. The second-order valence-electron chi connectivity index (χ2n) is 5.81. The van der Waals surface area contributed by atoms with E-state index < -0.39 is 0 Å². The first-order valence-corrected chi connectivity index (χ1v) is 7.38. The van der Waals surface area contributed by atoms with Gasteiger partial charge in [0, 0.05) is 38.0 Å². The van der Waals surface area contributed by atoms with E-state index in [0.29, 0.717) is 24.0 Å². The third-order valence-corrected chi connectivity index (χ3v) is 4.28. The Morgan fingerprint density at radius 1 is 1.45 bits per heavy atom. The largest absolute Gasteiger partial charge is 0.376 e. The molecule has 1 aliphatic heterocycles. The van der Waals surface area contributed by atoms with Crippen LogP contribution in [-0.2, 0) is 11.3 Å². The third-order valence-electron chi connectivity index (χ3n) is 4.28. The van der Waals surface area contributed by atoms with Crippen molar-refractivity contribution in [3.63, 3.8) is 0 Å². The standard InChI is InChI=1S/C15H22FN3O/c1-10-13(6-8-20-10)19(2)15-14(16)11(5-7-17-15)9-18-12-3-4-12/h5,7,10,12-13,18H,3-4,6,8-9H2,1-2H3. The predicted molar refractivity (Wildman–Crippen MR) is 76.3 cm³/mol. The van der Waals surface area contributed by atoms with Gasteiger partial charge in [0.25, 0.3) is 0 Å². The summed E-state index contributed by atoms with van der Waals surface area (Å²) in [6, 6.07) is 2.53. The van der Waals surface area contributed by atoms with E-state index in [9.17, 15) is 4.39 Å². The lowest BCUT2D eigenvalue weighted by molar-refractivity contribution is 0.118. The third kappa shape index (κ3) is 2.79. The number of aromatic nitrogens is 1. The van der Waals surface area contributed by atoms with Crippen molar-refractivity contribution in [1.29, 1.82) is 0 Å². The Labute approximate surface area is 119 Å². The molecule has 2 fully saturated rings. The normalized spacial score (nSPS) is 25.9. The molecule has 2 atom stereocenters. The summed E-state index contributed by atoms with van der Waals surface area (Å²) >= 11 is 0. The van der Waals surface area contributed by atoms with Gasteiger partial charge in [-0.1, -0.05) is 0 Å². The molecule has 1 N–H and O–H groups in total. The highest BCUT2D eigenvalue weighted by Crippen LogP contribution is 2.26. The Bertz CT molecular complexity index is 478. The molecule has 20 heavy (non-hydrogen) atoms. The summed E-state index contributed by atoms with van der Waals surface area (Å²) in [5.74, 6) is 0.227. The molecule has 1 aromatic heterocycles. The maximum absolute atomic E-state index is 14.6. The van der Waals surface area contributed by atoms with Crippen LogP contribution in [-0.4, -0.2) is 36.8 Å². The summed E-state index contributed by atoms with van der Waals surface area (Å²) in [5, 5.41) is 3.35.